The Labute approximate surface area is 155 Å². The third kappa shape index (κ3) is 3.81. The number of nitrogens with zero attached hydrogens (tertiary/aromatic N) is 3. The summed E-state index contributed by atoms with van der Waals surface area (Å²) in [6.45, 7) is 6.19. The van der Waals surface area contributed by atoms with Crippen LogP contribution in [0.2, 0.25) is 0 Å². The summed E-state index contributed by atoms with van der Waals surface area (Å²) in [4.78, 5) is 17.0. The number of likely N-dealkylation sites (N-methyl/N-ethyl adjacent to an activating group) is 2. The lowest BCUT2D eigenvalue weighted by molar-refractivity contribution is -0.0708. The van der Waals surface area contributed by atoms with Crippen LogP contribution < -0.4 is 0 Å². The van der Waals surface area contributed by atoms with Gasteiger partial charge in [-0.15, -0.1) is 0 Å². The monoisotopic (exact) mass is 356 g/mol. The molecule has 3 rings (SSSR count). The number of aromatic amines is 1. The van der Waals surface area contributed by atoms with Gasteiger partial charge in [0.1, 0.15) is 0 Å². The normalized spacial score (nSPS) is 21.1. The summed E-state index contributed by atoms with van der Waals surface area (Å²) in [5, 5.41) is 7.01. The maximum absolute atomic E-state index is 12.9. The summed E-state index contributed by atoms with van der Waals surface area (Å²) >= 11 is 0. The highest BCUT2D eigenvalue weighted by Crippen LogP contribution is 2.29. The van der Waals surface area contributed by atoms with Crippen molar-refractivity contribution in [1.82, 2.24) is 20.0 Å². The molecule has 1 aromatic carbocycles. The number of hydrogen-bond acceptors (Lipinski definition) is 4. The molecule has 1 fully saturated rings. The van der Waals surface area contributed by atoms with Gasteiger partial charge in [0.05, 0.1) is 36.2 Å². The van der Waals surface area contributed by atoms with Crippen molar-refractivity contribution in [3.05, 3.63) is 53.3 Å². The van der Waals surface area contributed by atoms with Crippen molar-refractivity contribution >= 4 is 5.91 Å². The minimum atomic E-state index is -0.0699. The van der Waals surface area contributed by atoms with E-state index in [-0.39, 0.29) is 24.0 Å². The second-order valence-electron chi connectivity index (χ2n) is 7.28. The summed E-state index contributed by atoms with van der Waals surface area (Å²) in [7, 11) is 3.95. The molecule has 2 aromatic rings. The third-order valence-corrected chi connectivity index (χ3v) is 5.02. The molecule has 2 heterocycles. The van der Waals surface area contributed by atoms with Crippen molar-refractivity contribution < 1.29 is 9.53 Å². The zero-order valence-electron chi connectivity index (χ0n) is 16.0. The van der Waals surface area contributed by atoms with E-state index in [0.717, 1.165) is 12.2 Å². The average molecular weight is 356 g/mol. The quantitative estimate of drug-likeness (QED) is 0.895. The highest BCUT2D eigenvalue weighted by Gasteiger charge is 2.33. The van der Waals surface area contributed by atoms with Crippen molar-refractivity contribution in [3.63, 3.8) is 0 Å². The molecule has 26 heavy (non-hydrogen) atoms. The number of benzene rings is 1. The molecule has 1 saturated heterocycles. The lowest BCUT2D eigenvalue weighted by Crippen LogP contribution is -2.48. The van der Waals surface area contributed by atoms with Gasteiger partial charge < -0.3 is 9.64 Å². The SMILES string of the molecule is CC(C)c1[nH]ncc1C(=O)N(C)C[C@@H]1OCCN(C)[C@H]1c1ccccc1. The van der Waals surface area contributed by atoms with Gasteiger partial charge in [-0.05, 0) is 18.5 Å². The lowest BCUT2D eigenvalue weighted by atomic mass is 9.98. The Morgan fingerprint density at radius 2 is 2.12 bits per heavy atom. The molecule has 1 amide bonds. The number of rotatable bonds is 5. The summed E-state index contributed by atoms with van der Waals surface area (Å²) in [6, 6.07) is 10.5. The first-order valence-corrected chi connectivity index (χ1v) is 9.14. The van der Waals surface area contributed by atoms with Crippen LogP contribution in [0.5, 0.6) is 0 Å². The van der Waals surface area contributed by atoms with Gasteiger partial charge in [0, 0.05) is 20.1 Å². The molecule has 140 valence electrons. The number of H-pyrrole nitrogens is 1. The molecule has 6 nitrogen and oxygen atoms in total. The van der Waals surface area contributed by atoms with Crippen LogP contribution in [0.15, 0.2) is 36.5 Å². The summed E-state index contributed by atoms with van der Waals surface area (Å²) in [5.74, 6) is 0.199. The summed E-state index contributed by atoms with van der Waals surface area (Å²) in [6.07, 6.45) is 1.55. The number of carbonyl (C=O) groups is 1. The molecule has 1 aliphatic heterocycles. The Morgan fingerprint density at radius 3 is 2.81 bits per heavy atom. The first-order chi connectivity index (χ1) is 12.5. The van der Waals surface area contributed by atoms with E-state index in [0.29, 0.717) is 18.7 Å². The molecule has 0 saturated carbocycles. The van der Waals surface area contributed by atoms with Crippen LogP contribution in [-0.2, 0) is 4.74 Å². The Kier molecular flexibility index (Phi) is 5.74. The van der Waals surface area contributed by atoms with Crippen LogP contribution in [0.25, 0.3) is 0 Å². The Hall–Kier alpha value is -2.18. The van der Waals surface area contributed by atoms with Crippen molar-refractivity contribution in [1.29, 1.82) is 0 Å². The van der Waals surface area contributed by atoms with Crippen LogP contribution in [0, 0.1) is 0 Å². The number of ether oxygens (including phenoxy) is 1. The minimum Gasteiger partial charge on any atom is -0.373 e. The molecular weight excluding hydrogens is 328 g/mol. The van der Waals surface area contributed by atoms with E-state index in [1.165, 1.54) is 5.56 Å². The largest absolute Gasteiger partial charge is 0.373 e. The molecule has 1 aromatic heterocycles. The molecule has 0 aliphatic carbocycles. The first kappa shape index (κ1) is 18.6. The minimum absolute atomic E-state index is 0.0221. The smallest absolute Gasteiger partial charge is 0.257 e. The fraction of sp³-hybridized carbons (Fsp3) is 0.500. The average Bonchev–Trinajstić information content (AvgIpc) is 3.12. The van der Waals surface area contributed by atoms with Gasteiger partial charge in [0.15, 0.2) is 0 Å². The Bertz CT molecular complexity index is 728. The van der Waals surface area contributed by atoms with Crippen LogP contribution >= 0.6 is 0 Å². The van der Waals surface area contributed by atoms with Gasteiger partial charge in [0.2, 0.25) is 0 Å². The van der Waals surface area contributed by atoms with Gasteiger partial charge in [-0.3, -0.25) is 14.8 Å². The van der Waals surface area contributed by atoms with E-state index in [4.69, 9.17) is 4.74 Å². The third-order valence-electron chi connectivity index (χ3n) is 5.02. The molecule has 2 atom stereocenters. The molecule has 0 spiro atoms. The number of morpholine rings is 1. The fourth-order valence-corrected chi connectivity index (χ4v) is 3.60. The zero-order valence-corrected chi connectivity index (χ0v) is 16.0. The number of amides is 1. The van der Waals surface area contributed by atoms with Gasteiger partial charge in [-0.1, -0.05) is 44.2 Å². The number of hydrogen-bond donors (Lipinski definition) is 1. The number of carbonyl (C=O) groups excluding carboxylic acids is 1. The van der Waals surface area contributed by atoms with E-state index in [2.05, 4.69) is 48.1 Å². The second kappa shape index (κ2) is 8.01. The predicted octanol–water partition coefficient (Wildman–Crippen LogP) is 2.68. The van der Waals surface area contributed by atoms with Crippen molar-refractivity contribution in [2.75, 3.05) is 33.8 Å². The lowest BCUT2D eigenvalue weighted by Gasteiger charge is -2.40. The van der Waals surface area contributed by atoms with E-state index in [9.17, 15) is 4.79 Å². The van der Waals surface area contributed by atoms with Crippen LogP contribution in [0.3, 0.4) is 0 Å². The second-order valence-corrected chi connectivity index (χ2v) is 7.28. The molecule has 1 N–H and O–H groups in total. The van der Waals surface area contributed by atoms with Crippen LogP contribution in [0.1, 0.15) is 47.4 Å². The highest BCUT2D eigenvalue weighted by molar-refractivity contribution is 5.95. The molecule has 1 aliphatic rings. The molecule has 0 unspecified atom stereocenters. The van der Waals surface area contributed by atoms with E-state index in [1.807, 2.05) is 25.2 Å². The standard InChI is InChI=1S/C20H28N4O2/c1-14(2)18-16(12-21-22-18)20(25)24(4)13-17-19(23(3)10-11-26-17)15-8-6-5-7-9-15/h5-9,12,14,17,19H,10-11,13H2,1-4H3,(H,21,22)/t17-,19-/m0/s1. The predicted molar refractivity (Wildman–Crippen MR) is 101 cm³/mol. The van der Waals surface area contributed by atoms with Crippen LogP contribution in [0.4, 0.5) is 0 Å². The zero-order chi connectivity index (χ0) is 18.7. The molecule has 0 bridgehead atoms. The number of aromatic nitrogens is 2. The van der Waals surface area contributed by atoms with Gasteiger partial charge in [0.25, 0.3) is 5.91 Å². The highest BCUT2D eigenvalue weighted by atomic mass is 16.5. The van der Waals surface area contributed by atoms with Crippen molar-refractivity contribution in [2.24, 2.45) is 0 Å². The van der Waals surface area contributed by atoms with Gasteiger partial charge in [-0.25, -0.2) is 0 Å². The van der Waals surface area contributed by atoms with E-state index < -0.39 is 0 Å². The van der Waals surface area contributed by atoms with Crippen molar-refractivity contribution in [3.8, 4) is 0 Å². The van der Waals surface area contributed by atoms with Crippen molar-refractivity contribution in [2.45, 2.75) is 31.9 Å². The van der Waals surface area contributed by atoms with Gasteiger partial charge >= 0.3 is 0 Å². The summed E-state index contributed by atoms with van der Waals surface area (Å²) < 4.78 is 6.07. The van der Waals surface area contributed by atoms with Crippen LogP contribution in [-0.4, -0.2) is 65.8 Å². The Morgan fingerprint density at radius 1 is 1.38 bits per heavy atom. The molecule has 0 radical (unpaired) electrons. The Balaban J connectivity index is 1.77. The maximum Gasteiger partial charge on any atom is 0.257 e. The molecule has 6 heteroatoms. The first-order valence-electron chi connectivity index (χ1n) is 9.14. The fourth-order valence-electron chi connectivity index (χ4n) is 3.60. The van der Waals surface area contributed by atoms with Gasteiger partial charge in [-0.2, -0.15) is 5.10 Å². The van der Waals surface area contributed by atoms with E-state index >= 15 is 0 Å². The number of nitrogens with one attached hydrogen (secondary N) is 1. The van der Waals surface area contributed by atoms with E-state index in [1.54, 1.807) is 11.1 Å². The topological polar surface area (TPSA) is 61.5 Å². The summed E-state index contributed by atoms with van der Waals surface area (Å²) in [5.41, 5.74) is 2.73. The maximum atomic E-state index is 12.9. The molecular formula is C20H28N4O2.